The first-order chi connectivity index (χ1) is 18.0. The quantitative estimate of drug-likeness (QED) is 0.342. The Morgan fingerprint density at radius 2 is 1.89 bits per heavy atom. The Hall–Kier alpha value is -3.43. The standard InChI is InChI=1S/C28H31FN2O5S/c1-34-16-5-14-30(28(33)20-8-10-21(35-2)11-9-20)18-27(32)31-15-12-26-22(13-17-37-26)24(31)19-36-25-7-4-3-6-23(25)29/h3-4,6-11,13,17,24H,5,12,14-16,18-19H2,1-2H3/t24-/m0/s1. The van der Waals surface area contributed by atoms with E-state index in [1.54, 1.807) is 77.8 Å². The van der Waals surface area contributed by atoms with Crippen LogP contribution in [0.2, 0.25) is 0 Å². The third kappa shape index (κ3) is 6.47. The van der Waals surface area contributed by atoms with Gasteiger partial charge in [-0.15, -0.1) is 11.3 Å². The molecule has 1 aromatic heterocycles. The number of ether oxygens (including phenoxy) is 3. The summed E-state index contributed by atoms with van der Waals surface area (Å²) < 4.78 is 30.4. The number of benzene rings is 2. The van der Waals surface area contributed by atoms with Crippen LogP contribution in [0.1, 0.15) is 33.3 Å². The number of para-hydroxylation sites is 1. The zero-order chi connectivity index (χ0) is 26.2. The van der Waals surface area contributed by atoms with Gasteiger partial charge < -0.3 is 24.0 Å². The van der Waals surface area contributed by atoms with Crippen molar-refractivity contribution in [1.29, 1.82) is 0 Å². The van der Waals surface area contributed by atoms with Gasteiger partial charge in [-0.1, -0.05) is 12.1 Å². The highest BCUT2D eigenvalue weighted by Gasteiger charge is 2.33. The molecule has 0 saturated carbocycles. The summed E-state index contributed by atoms with van der Waals surface area (Å²) in [6.45, 7) is 1.39. The van der Waals surface area contributed by atoms with Gasteiger partial charge in [0.15, 0.2) is 11.6 Å². The first-order valence-electron chi connectivity index (χ1n) is 12.2. The summed E-state index contributed by atoms with van der Waals surface area (Å²) in [6.07, 6.45) is 1.32. The Kier molecular flexibility index (Phi) is 9.14. The summed E-state index contributed by atoms with van der Waals surface area (Å²) in [5, 5.41) is 2.00. The number of fused-ring (bicyclic) bond motifs is 1. The van der Waals surface area contributed by atoms with Crippen LogP contribution in [-0.2, 0) is 16.0 Å². The highest BCUT2D eigenvalue weighted by Crippen LogP contribution is 2.34. The molecule has 0 saturated heterocycles. The number of hydrogen-bond donors (Lipinski definition) is 0. The van der Waals surface area contributed by atoms with E-state index in [2.05, 4.69) is 0 Å². The average Bonchev–Trinajstić information content (AvgIpc) is 3.41. The highest BCUT2D eigenvalue weighted by atomic mass is 32.1. The number of thiophene rings is 1. The van der Waals surface area contributed by atoms with Gasteiger partial charge in [-0.25, -0.2) is 4.39 Å². The molecule has 0 N–H and O–H groups in total. The van der Waals surface area contributed by atoms with E-state index in [9.17, 15) is 14.0 Å². The predicted molar refractivity (Wildman–Crippen MR) is 140 cm³/mol. The molecule has 0 unspecified atom stereocenters. The van der Waals surface area contributed by atoms with Gasteiger partial charge in [0.2, 0.25) is 5.91 Å². The van der Waals surface area contributed by atoms with Gasteiger partial charge in [0.05, 0.1) is 13.2 Å². The van der Waals surface area contributed by atoms with Crippen LogP contribution < -0.4 is 9.47 Å². The molecule has 196 valence electrons. The zero-order valence-corrected chi connectivity index (χ0v) is 21.8. The second-order valence-corrected chi connectivity index (χ2v) is 9.70. The first kappa shape index (κ1) is 26.6. The maximum absolute atomic E-state index is 14.2. The number of methoxy groups -OCH3 is 2. The topological polar surface area (TPSA) is 68.3 Å². The molecule has 1 aliphatic rings. The number of amides is 2. The van der Waals surface area contributed by atoms with Crippen molar-refractivity contribution in [1.82, 2.24) is 9.80 Å². The number of nitrogens with zero attached hydrogens (tertiary/aromatic N) is 2. The van der Waals surface area contributed by atoms with Crippen LogP contribution in [0, 0.1) is 5.82 Å². The normalized spacial score (nSPS) is 14.7. The van der Waals surface area contributed by atoms with Crippen LogP contribution in [0.15, 0.2) is 60.0 Å². The molecule has 2 heterocycles. The smallest absolute Gasteiger partial charge is 0.254 e. The monoisotopic (exact) mass is 526 g/mol. The largest absolute Gasteiger partial charge is 0.497 e. The molecule has 3 aromatic rings. The van der Waals surface area contributed by atoms with E-state index in [4.69, 9.17) is 14.2 Å². The molecule has 37 heavy (non-hydrogen) atoms. The fourth-order valence-corrected chi connectivity index (χ4v) is 5.36. The lowest BCUT2D eigenvalue weighted by Crippen LogP contribution is -2.48. The van der Waals surface area contributed by atoms with Gasteiger partial charge >= 0.3 is 0 Å². The molecular formula is C28H31FN2O5S. The minimum atomic E-state index is -0.448. The third-order valence-electron chi connectivity index (χ3n) is 6.38. The molecule has 9 heteroatoms. The SMILES string of the molecule is COCCCN(CC(=O)N1CCc2sccc2[C@@H]1COc1ccccc1F)C(=O)c1ccc(OC)cc1. The maximum Gasteiger partial charge on any atom is 0.254 e. The van der Waals surface area contributed by atoms with Crippen molar-refractivity contribution in [3.63, 3.8) is 0 Å². The lowest BCUT2D eigenvalue weighted by molar-refractivity contribution is -0.135. The maximum atomic E-state index is 14.2. The zero-order valence-electron chi connectivity index (χ0n) is 21.0. The van der Waals surface area contributed by atoms with Gasteiger partial charge in [0.1, 0.15) is 18.9 Å². The van der Waals surface area contributed by atoms with Crippen LogP contribution in [0.25, 0.3) is 0 Å². The van der Waals surface area contributed by atoms with Crippen molar-refractivity contribution in [2.24, 2.45) is 0 Å². The van der Waals surface area contributed by atoms with Crippen molar-refractivity contribution in [2.75, 3.05) is 47.1 Å². The Morgan fingerprint density at radius 1 is 1.11 bits per heavy atom. The Morgan fingerprint density at radius 3 is 2.62 bits per heavy atom. The second-order valence-electron chi connectivity index (χ2n) is 8.70. The van der Waals surface area contributed by atoms with Crippen LogP contribution in [0.3, 0.4) is 0 Å². The van der Waals surface area contributed by atoms with E-state index in [0.717, 1.165) is 12.0 Å². The van der Waals surface area contributed by atoms with E-state index in [-0.39, 0.29) is 36.8 Å². The fourth-order valence-electron chi connectivity index (χ4n) is 4.43. The average molecular weight is 527 g/mol. The molecule has 0 fully saturated rings. The van der Waals surface area contributed by atoms with E-state index >= 15 is 0 Å². The summed E-state index contributed by atoms with van der Waals surface area (Å²) >= 11 is 1.64. The number of hydrogen-bond acceptors (Lipinski definition) is 6. The molecule has 0 aliphatic carbocycles. The molecular weight excluding hydrogens is 495 g/mol. The van der Waals surface area contributed by atoms with Crippen LogP contribution >= 0.6 is 11.3 Å². The molecule has 0 bridgehead atoms. The number of carbonyl (C=O) groups excluding carboxylic acids is 2. The van der Waals surface area contributed by atoms with Crippen molar-refractivity contribution >= 4 is 23.2 Å². The lowest BCUT2D eigenvalue weighted by atomic mass is 10.0. The summed E-state index contributed by atoms with van der Waals surface area (Å²) in [6, 6.07) is 14.7. The fraction of sp³-hybridized carbons (Fsp3) is 0.357. The molecule has 2 amide bonds. The molecule has 4 rings (SSSR count). The molecule has 2 aromatic carbocycles. The van der Waals surface area contributed by atoms with Crippen LogP contribution in [0.4, 0.5) is 4.39 Å². The van der Waals surface area contributed by atoms with E-state index in [0.29, 0.717) is 37.4 Å². The van der Waals surface area contributed by atoms with Crippen molar-refractivity contribution in [3.8, 4) is 11.5 Å². The highest BCUT2D eigenvalue weighted by molar-refractivity contribution is 7.10. The van der Waals surface area contributed by atoms with Gasteiger partial charge in [-0.2, -0.15) is 0 Å². The third-order valence-corrected chi connectivity index (χ3v) is 7.37. The molecule has 1 aliphatic heterocycles. The Bertz CT molecular complexity index is 1200. The van der Waals surface area contributed by atoms with E-state index in [1.807, 2.05) is 11.4 Å². The minimum absolute atomic E-state index is 0.0791. The van der Waals surface area contributed by atoms with Crippen molar-refractivity contribution in [2.45, 2.75) is 18.9 Å². The second kappa shape index (κ2) is 12.7. The summed E-state index contributed by atoms with van der Waals surface area (Å²) in [4.78, 5) is 31.5. The Labute approximate surface area is 220 Å². The van der Waals surface area contributed by atoms with Crippen LogP contribution in [-0.4, -0.2) is 68.7 Å². The summed E-state index contributed by atoms with van der Waals surface area (Å²) in [5.74, 6) is -0.0712. The van der Waals surface area contributed by atoms with E-state index < -0.39 is 5.82 Å². The summed E-state index contributed by atoms with van der Waals surface area (Å²) in [5.41, 5.74) is 1.48. The van der Waals surface area contributed by atoms with Gasteiger partial charge in [-0.3, -0.25) is 9.59 Å². The van der Waals surface area contributed by atoms with Crippen molar-refractivity contribution in [3.05, 3.63) is 81.8 Å². The molecule has 0 radical (unpaired) electrons. The minimum Gasteiger partial charge on any atom is -0.497 e. The lowest BCUT2D eigenvalue weighted by Gasteiger charge is -2.37. The van der Waals surface area contributed by atoms with E-state index in [1.165, 1.54) is 10.9 Å². The number of halogens is 1. The van der Waals surface area contributed by atoms with Gasteiger partial charge in [-0.05, 0) is 66.2 Å². The summed E-state index contributed by atoms with van der Waals surface area (Å²) in [7, 11) is 3.17. The number of carbonyl (C=O) groups is 2. The number of rotatable bonds is 11. The molecule has 1 atom stereocenters. The van der Waals surface area contributed by atoms with Gasteiger partial charge in [0.25, 0.3) is 5.91 Å². The van der Waals surface area contributed by atoms with Crippen LogP contribution in [0.5, 0.6) is 11.5 Å². The Balaban J connectivity index is 1.52. The molecule has 0 spiro atoms. The first-order valence-corrected chi connectivity index (χ1v) is 13.0. The predicted octanol–water partition coefficient (Wildman–Crippen LogP) is 4.58. The van der Waals surface area contributed by atoms with Gasteiger partial charge in [0, 0.05) is 37.2 Å². The molecule has 7 nitrogen and oxygen atoms in total. The van der Waals surface area contributed by atoms with Crippen molar-refractivity contribution < 1.29 is 28.2 Å².